The Balaban J connectivity index is 1.63. The molecule has 0 radical (unpaired) electrons. The molecule has 2 aromatic rings. The third-order valence-corrected chi connectivity index (χ3v) is 4.44. The number of nitrogens with one attached hydrogen (secondary N) is 1. The fraction of sp³-hybridized carbons (Fsp3) is 0.389. The Labute approximate surface area is 146 Å². The molecule has 1 amide bonds. The summed E-state index contributed by atoms with van der Waals surface area (Å²) >= 11 is 0. The lowest BCUT2D eigenvalue weighted by atomic mass is 10.1. The van der Waals surface area contributed by atoms with Crippen LogP contribution in [0.1, 0.15) is 11.8 Å². The minimum atomic E-state index is -0.457. The summed E-state index contributed by atoms with van der Waals surface area (Å²) in [6.07, 6.45) is 1.18. The molecule has 1 N–H and O–H groups in total. The zero-order valence-corrected chi connectivity index (χ0v) is 14.2. The lowest BCUT2D eigenvalue weighted by Gasteiger charge is -2.39. The molecule has 1 aromatic carbocycles. The van der Waals surface area contributed by atoms with Crippen LogP contribution in [0.4, 0.5) is 14.9 Å². The maximum atomic E-state index is 13.1. The van der Waals surface area contributed by atoms with E-state index in [1.807, 2.05) is 12.1 Å². The van der Waals surface area contributed by atoms with Crippen LogP contribution in [-0.2, 0) is 4.74 Å². The van der Waals surface area contributed by atoms with E-state index >= 15 is 0 Å². The van der Waals surface area contributed by atoms with E-state index in [9.17, 15) is 9.18 Å². The number of anilines is 1. The molecule has 1 aliphatic rings. The second-order valence-electron chi connectivity index (χ2n) is 5.90. The Bertz CT molecular complexity index is 667. The predicted octanol–water partition coefficient (Wildman–Crippen LogP) is 2.64. The summed E-state index contributed by atoms with van der Waals surface area (Å²) in [4.78, 5) is 15.9. The minimum absolute atomic E-state index is 0.0514. The fourth-order valence-corrected chi connectivity index (χ4v) is 3.09. The molecule has 1 saturated heterocycles. The van der Waals surface area contributed by atoms with Crippen molar-refractivity contribution in [1.82, 2.24) is 10.2 Å². The number of halogens is 1. The average Bonchev–Trinajstić information content (AvgIpc) is 3.17. The van der Waals surface area contributed by atoms with E-state index in [1.54, 1.807) is 18.4 Å². The first-order valence-corrected chi connectivity index (χ1v) is 8.27. The quantitative estimate of drug-likeness (QED) is 0.901. The molecule has 1 aliphatic heterocycles. The molecular formula is C18H22FN3O3. The third kappa shape index (κ3) is 4.30. The summed E-state index contributed by atoms with van der Waals surface area (Å²) in [5, 5.41) is 2.75. The van der Waals surface area contributed by atoms with Crippen LogP contribution in [0.3, 0.4) is 0 Å². The maximum Gasteiger partial charge on any atom is 0.406 e. The van der Waals surface area contributed by atoms with Gasteiger partial charge in [0.15, 0.2) is 0 Å². The first kappa shape index (κ1) is 17.3. The number of carbonyl (C=O) groups excluding carboxylic acids is 1. The van der Waals surface area contributed by atoms with Crippen LogP contribution in [0.25, 0.3) is 0 Å². The van der Waals surface area contributed by atoms with Gasteiger partial charge < -0.3 is 19.4 Å². The molecule has 0 aliphatic carbocycles. The molecule has 0 spiro atoms. The molecule has 6 nitrogen and oxygen atoms in total. The van der Waals surface area contributed by atoms with Crippen LogP contribution in [0.2, 0.25) is 0 Å². The lowest BCUT2D eigenvalue weighted by molar-refractivity contribution is 0.145. The van der Waals surface area contributed by atoms with Crippen LogP contribution in [0.5, 0.6) is 0 Å². The van der Waals surface area contributed by atoms with Crippen LogP contribution in [-0.4, -0.2) is 50.8 Å². The van der Waals surface area contributed by atoms with Crippen molar-refractivity contribution in [1.29, 1.82) is 0 Å². The summed E-state index contributed by atoms with van der Waals surface area (Å²) in [7, 11) is 1.35. The van der Waals surface area contributed by atoms with Crippen LogP contribution in [0, 0.1) is 5.82 Å². The molecule has 1 aromatic heterocycles. The number of benzene rings is 1. The molecule has 2 heterocycles. The number of methoxy groups -OCH3 is 1. The Morgan fingerprint density at radius 2 is 1.96 bits per heavy atom. The average molecular weight is 347 g/mol. The number of carbonyl (C=O) groups is 1. The van der Waals surface area contributed by atoms with Gasteiger partial charge in [0, 0.05) is 38.4 Å². The molecule has 0 bridgehead atoms. The van der Waals surface area contributed by atoms with Gasteiger partial charge in [-0.05, 0) is 36.4 Å². The Kier molecular flexibility index (Phi) is 5.55. The van der Waals surface area contributed by atoms with E-state index in [-0.39, 0.29) is 11.9 Å². The highest BCUT2D eigenvalue weighted by atomic mass is 19.1. The van der Waals surface area contributed by atoms with E-state index < -0.39 is 6.09 Å². The summed E-state index contributed by atoms with van der Waals surface area (Å²) in [5.74, 6) is 0.584. The number of furan rings is 1. The number of nitrogens with zero attached hydrogens (tertiary/aromatic N) is 2. The summed E-state index contributed by atoms with van der Waals surface area (Å²) in [6, 6.07) is 10.3. The second-order valence-corrected chi connectivity index (χ2v) is 5.90. The van der Waals surface area contributed by atoms with Gasteiger partial charge >= 0.3 is 6.09 Å². The maximum absolute atomic E-state index is 13.1. The predicted molar refractivity (Wildman–Crippen MR) is 92.0 cm³/mol. The zero-order valence-electron chi connectivity index (χ0n) is 14.2. The molecule has 1 atom stereocenters. The van der Waals surface area contributed by atoms with Gasteiger partial charge in [-0.1, -0.05) is 0 Å². The van der Waals surface area contributed by atoms with Crippen molar-refractivity contribution in [3.05, 3.63) is 54.2 Å². The van der Waals surface area contributed by atoms with Crippen molar-refractivity contribution in [3.8, 4) is 0 Å². The number of hydrogen-bond acceptors (Lipinski definition) is 5. The van der Waals surface area contributed by atoms with Gasteiger partial charge in [0.25, 0.3) is 0 Å². The van der Waals surface area contributed by atoms with Gasteiger partial charge in [0.1, 0.15) is 11.6 Å². The number of ether oxygens (including phenoxy) is 1. The summed E-state index contributed by atoms with van der Waals surface area (Å²) in [5.41, 5.74) is 1.02. The van der Waals surface area contributed by atoms with E-state index in [4.69, 9.17) is 4.42 Å². The number of rotatable bonds is 5. The monoisotopic (exact) mass is 347 g/mol. The van der Waals surface area contributed by atoms with Gasteiger partial charge in [-0.3, -0.25) is 4.90 Å². The van der Waals surface area contributed by atoms with E-state index in [0.717, 1.165) is 37.6 Å². The van der Waals surface area contributed by atoms with Crippen molar-refractivity contribution in [2.24, 2.45) is 0 Å². The molecule has 0 saturated carbocycles. The number of piperazine rings is 1. The SMILES string of the molecule is COC(=O)NC[C@@H](c1ccco1)N1CCN(c2ccc(F)cc2)CC1. The van der Waals surface area contributed by atoms with E-state index in [2.05, 4.69) is 19.9 Å². The Morgan fingerprint density at radius 3 is 2.56 bits per heavy atom. The third-order valence-electron chi connectivity index (χ3n) is 4.44. The van der Waals surface area contributed by atoms with Crippen LogP contribution in [0.15, 0.2) is 47.1 Å². The first-order chi connectivity index (χ1) is 12.2. The highest BCUT2D eigenvalue weighted by molar-refractivity contribution is 5.66. The smallest absolute Gasteiger partial charge is 0.406 e. The zero-order chi connectivity index (χ0) is 17.6. The first-order valence-electron chi connectivity index (χ1n) is 8.27. The standard InChI is InChI=1S/C18H22FN3O3/c1-24-18(23)20-13-16(17-3-2-12-25-17)22-10-8-21(9-11-22)15-6-4-14(19)5-7-15/h2-7,12,16H,8-11,13H2,1H3,(H,20,23)/t16-/m0/s1. The van der Waals surface area contributed by atoms with Crippen LogP contribution >= 0.6 is 0 Å². The van der Waals surface area contributed by atoms with Crippen molar-refractivity contribution < 1.29 is 18.3 Å². The van der Waals surface area contributed by atoms with Crippen molar-refractivity contribution in [2.45, 2.75) is 6.04 Å². The highest BCUT2D eigenvalue weighted by Crippen LogP contribution is 2.24. The lowest BCUT2D eigenvalue weighted by Crippen LogP contribution is -2.49. The summed E-state index contributed by atoms with van der Waals surface area (Å²) in [6.45, 7) is 3.68. The molecule has 7 heteroatoms. The fourth-order valence-electron chi connectivity index (χ4n) is 3.09. The second kappa shape index (κ2) is 8.02. The highest BCUT2D eigenvalue weighted by Gasteiger charge is 2.27. The number of hydrogen-bond donors (Lipinski definition) is 1. The van der Waals surface area contributed by atoms with Gasteiger partial charge in [-0.15, -0.1) is 0 Å². The van der Waals surface area contributed by atoms with Gasteiger partial charge in [-0.2, -0.15) is 0 Å². The van der Waals surface area contributed by atoms with Crippen molar-refractivity contribution >= 4 is 11.8 Å². The summed E-state index contributed by atoms with van der Waals surface area (Å²) < 4.78 is 23.3. The van der Waals surface area contributed by atoms with Crippen molar-refractivity contribution in [2.75, 3.05) is 44.7 Å². The topological polar surface area (TPSA) is 58.0 Å². The molecule has 3 rings (SSSR count). The van der Waals surface area contributed by atoms with Crippen LogP contribution < -0.4 is 10.2 Å². The largest absolute Gasteiger partial charge is 0.468 e. The Hall–Kier alpha value is -2.54. The van der Waals surface area contributed by atoms with Gasteiger partial charge in [0.2, 0.25) is 0 Å². The number of alkyl carbamates (subject to hydrolysis) is 1. The Morgan fingerprint density at radius 1 is 1.24 bits per heavy atom. The normalized spacial score (nSPS) is 16.5. The minimum Gasteiger partial charge on any atom is -0.468 e. The van der Waals surface area contributed by atoms with Gasteiger partial charge in [0.05, 0.1) is 19.4 Å². The molecule has 0 unspecified atom stereocenters. The molecule has 134 valence electrons. The van der Waals surface area contributed by atoms with E-state index in [1.165, 1.54) is 19.2 Å². The van der Waals surface area contributed by atoms with Crippen molar-refractivity contribution in [3.63, 3.8) is 0 Å². The number of amides is 1. The van der Waals surface area contributed by atoms with Gasteiger partial charge in [-0.25, -0.2) is 9.18 Å². The molecular weight excluding hydrogens is 325 g/mol. The van der Waals surface area contributed by atoms with E-state index in [0.29, 0.717) is 6.54 Å². The molecule has 25 heavy (non-hydrogen) atoms. The molecule has 1 fully saturated rings.